The molecule has 5 rings (SSSR count). The Morgan fingerprint density at radius 2 is 1.85 bits per heavy atom. The predicted octanol–water partition coefficient (Wildman–Crippen LogP) is 7.04. The van der Waals surface area contributed by atoms with Gasteiger partial charge in [0.05, 0.1) is 29.3 Å². The van der Waals surface area contributed by atoms with Gasteiger partial charge in [-0.05, 0) is 67.4 Å². The predicted molar refractivity (Wildman–Crippen MR) is 162 cm³/mol. The number of hydrogen-bond acceptors (Lipinski definition) is 6. The standard InChI is InChI=1S/C30H26ClN3O3S2/c1-3-37-26-14-11-21(17-25(26)31)28-22(19-34(32-28)23-7-5-4-6-8-23)18-27-29(35)33(30(38)39-27)16-15-20-9-12-24(36-2)13-10-20/h4-14,17-19H,3,15-16H2,1-2H3. The second kappa shape index (κ2) is 12.1. The lowest BCUT2D eigenvalue weighted by Gasteiger charge is -2.14. The van der Waals surface area contributed by atoms with Crippen LogP contribution in [0.25, 0.3) is 23.0 Å². The molecule has 0 atom stereocenters. The molecule has 6 nitrogen and oxygen atoms in total. The van der Waals surface area contributed by atoms with Gasteiger partial charge in [0.25, 0.3) is 5.91 Å². The van der Waals surface area contributed by atoms with E-state index in [1.807, 2.05) is 92.0 Å². The van der Waals surface area contributed by atoms with Gasteiger partial charge in [0.2, 0.25) is 0 Å². The highest BCUT2D eigenvalue weighted by Crippen LogP contribution is 2.36. The second-order valence-electron chi connectivity index (χ2n) is 8.72. The number of benzene rings is 3. The smallest absolute Gasteiger partial charge is 0.266 e. The highest BCUT2D eigenvalue weighted by Gasteiger charge is 2.32. The maximum absolute atomic E-state index is 13.4. The van der Waals surface area contributed by atoms with Crippen molar-refractivity contribution in [3.8, 4) is 28.4 Å². The van der Waals surface area contributed by atoms with Crippen molar-refractivity contribution < 1.29 is 14.3 Å². The van der Waals surface area contributed by atoms with E-state index in [4.69, 9.17) is 38.4 Å². The fourth-order valence-electron chi connectivity index (χ4n) is 4.22. The van der Waals surface area contributed by atoms with Crippen LogP contribution >= 0.6 is 35.6 Å². The Hall–Kier alpha value is -3.59. The van der Waals surface area contributed by atoms with Gasteiger partial charge in [0.1, 0.15) is 21.5 Å². The molecule has 4 aromatic rings. The van der Waals surface area contributed by atoms with Crippen molar-refractivity contribution in [2.24, 2.45) is 0 Å². The second-order valence-corrected chi connectivity index (χ2v) is 10.8. The topological polar surface area (TPSA) is 56.6 Å². The number of aromatic nitrogens is 2. The molecule has 0 radical (unpaired) electrons. The summed E-state index contributed by atoms with van der Waals surface area (Å²) in [4.78, 5) is 15.6. The molecular formula is C30H26ClN3O3S2. The first-order chi connectivity index (χ1) is 19.0. The number of thioether (sulfide) groups is 1. The van der Waals surface area contributed by atoms with Gasteiger partial charge in [-0.25, -0.2) is 4.68 Å². The van der Waals surface area contributed by atoms with E-state index in [0.717, 1.165) is 28.1 Å². The number of para-hydroxylation sites is 1. The van der Waals surface area contributed by atoms with Crippen LogP contribution in [0.1, 0.15) is 18.1 Å². The van der Waals surface area contributed by atoms with Crippen molar-refractivity contribution in [1.29, 1.82) is 0 Å². The number of amides is 1. The Balaban J connectivity index is 1.45. The first kappa shape index (κ1) is 27.0. The molecule has 1 saturated heterocycles. The Bertz CT molecular complexity index is 1540. The van der Waals surface area contributed by atoms with Crippen LogP contribution in [0.2, 0.25) is 5.02 Å². The number of rotatable bonds is 9. The molecule has 2 heterocycles. The summed E-state index contributed by atoms with van der Waals surface area (Å²) in [6.45, 7) is 2.93. The average molecular weight is 576 g/mol. The molecule has 1 amide bonds. The van der Waals surface area contributed by atoms with E-state index in [1.54, 1.807) is 16.7 Å². The van der Waals surface area contributed by atoms with E-state index in [-0.39, 0.29) is 5.91 Å². The first-order valence-corrected chi connectivity index (χ1v) is 14.0. The van der Waals surface area contributed by atoms with Crippen LogP contribution in [0.3, 0.4) is 0 Å². The summed E-state index contributed by atoms with van der Waals surface area (Å²) in [6, 6.07) is 23.2. The molecule has 9 heteroatoms. The Kier molecular flexibility index (Phi) is 8.35. The summed E-state index contributed by atoms with van der Waals surface area (Å²) in [5.41, 5.74) is 4.32. The minimum absolute atomic E-state index is 0.110. The van der Waals surface area contributed by atoms with Crippen LogP contribution in [0.5, 0.6) is 11.5 Å². The lowest BCUT2D eigenvalue weighted by Crippen LogP contribution is -2.30. The molecule has 1 aliphatic rings. The summed E-state index contributed by atoms with van der Waals surface area (Å²) in [7, 11) is 1.64. The lowest BCUT2D eigenvalue weighted by atomic mass is 10.1. The van der Waals surface area contributed by atoms with Crippen LogP contribution in [0.4, 0.5) is 0 Å². The summed E-state index contributed by atoms with van der Waals surface area (Å²) in [5, 5.41) is 5.36. The largest absolute Gasteiger partial charge is 0.497 e. The van der Waals surface area contributed by atoms with Gasteiger partial charge >= 0.3 is 0 Å². The number of carbonyl (C=O) groups excluding carboxylic acids is 1. The minimum Gasteiger partial charge on any atom is -0.497 e. The van der Waals surface area contributed by atoms with Crippen molar-refractivity contribution >= 4 is 51.9 Å². The van der Waals surface area contributed by atoms with Gasteiger partial charge in [-0.15, -0.1) is 0 Å². The van der Waals surface area contributed by atoms with Gasteiger partial charge in [-0.2, -0.15) is 5.10 Å². The van der Waals surface area contributed by atoms with Crippen LogP contribution < -0.4 is 9.47 Å². The van der Waals surface area contributed by atoms with Gasteiger partial charge in [-0.1, -0.05) is 65.9 Å². The lowest BCUT2D eigenvalue weighted by molar-refractivity contribution is -0.122. The van der Waals surface area contributed by atoms with Crippen LogP contribution in [0.15, 0.2) is 83.9 Å². The summed E-state index contributed by atoms with van der Waals surface area (Å²) in [5.74, 6) is 1.30. The number of thiocarbonyl (C=S) groups is 1. The van der Waals surface area contributed by atoms with Gasteiger partial charge < -0.3 is 9.47 Å². The Morgan fingerprint density at radius 3 is 2.54 bits per heavy atom. The fraction of sp³-hybridized carbons (Fsp3) is 0.167. The molecule has 3 aromatic carbocycles. The Labute approximate surface area is 242 Å². The van der Waals surface area contributed by atoms with Crippen LogP contribution in [-0.4, -0.2) is 45.2 Å². The van der Waals surface area contributed by atoms with E-state index in [1.165, 1.54) is 11.8 Å². The monoisotopic (exact) mass is 575 g/mol. The molecule has 198 valence electrons. The molecular weight excluding hydrogens is 550 g/mol. The molecule has 0 unspecified atom stereocenters. The van der Waals surface area contributed by atoms with Gasteiger partial charge in [-0.3, -0.25) is 9.69 Å². The number of hydrogen-bond donors (Lipinski definition) is 0. The molecule has 0 aliphatic carbocycles. The third-order valence-corrected chi connectivity index (χ3v) is 7.88. The number of halogens is 1. The maximum atomic E-state index is 13.4. The van der Waals surface area contributed by atoms with E-state index >= 15 is 0 Å². The molecule has 1 aromatic heterocycles. The summed E-state index contributed by atoms with van der Waals surface area (Å²) >= 11 is 13.4. The quantitative estimate of drug-likeness (QED) is 0.157. The highest BCUT2D eigenvalue weighted by molar-refractivity contribution is 8.26. The maximum Gasteiger partial charge on any atom is 0.266 e. The molecule has 39 heavy (non-hydrogen) atoms. The molecule has 0 N–H and O–H groups in total. The normalized spacial score (nSPS) is 14.3. The third kappa shape index (κ3) is 6.03. The molecule has 0 spiro atoms. The zero-order valence-corrected chi connectivity index (χ0v) is 23.9. The van der Waals surface area contributed by atoms with Crippen LogP contribution in [0, 0.1) is 0 Å². The minimum atomic E-state index is -0.110. The van der Waals surface area contributed by atoms with Crippen molar-refractivity contribution in [2.45, 2.75) is 13.3 Å². The van der Waals surface area contributed by atoms with Gasteiger partial charge in [0.15, 0.2) is 0 Å². The first-order valence-electron chi connectivity index (χ1n) is 12.4. The molecule has 0 bridgehead atoms. The summed E-state index contributed by atoms with van der Waals surface area (Å²) < 4.78 is 13.2. The zero-order chi connectivity index (χ0) is 27.4. The molecule has 1 fully saturated rings. The fourth-order valence-corrected chi connectivity index (χ4v) is 5.75. The SMILES string of the molecule is CCOc1ccc(-c2nn(-c3ccccc3)cc2C=C2SC(=S)N(CCc3ccc(OC)cc3)C2=O)cc1Cl. The van der Waals surface area contributed by atoms with Gasteiger partial charge in [0, 0.05) is 23.9 Å². The van der Waals surface area contributed by atoms with Crippen LogP contribution in [-0.2, 0) is 11.2 Å². The number of nitrogens with zero attached hydrogens (tertiary/aromatic N) is 3. The summed E-state index contributed by atoms with van der Waals surface area (Å²) in [6.07, 6.45) is 4.46. The Morgan fingerprint density at radius 1 is 1.08 bits per heavy atom. The number of methoxy groups -OCH3 is 1. The molecule has 1 aliphatic heterocycles. The number of carbonyl (C=O) groups is 1. The van der Waals surface area contributed by atoms with E-state index < -0.39 is 0 Å². The zero-order valence-electron chi connectivity index (χ0n) is 21.5. The van der Waals surface area contributed by atoms with Crippen molar-refractivity contribution in [1.82, 2.24) is 14.7 Å². The number of ether oxygens (including phenoxy) is 2. The highest BCUT2D eigenvalue weighted by atomic mass is 35.5. The van der Waals surface area contributed by atoms with Crippen molar-refractivity contribution in [3.63, 3.8) is 0 Å². The van der Waals surface area contributed by atoms with Crippen molar-refractivity contribution in [3.05, 3.63) is 100 Å². The average Bonchev–Trinajstić information content (AvgIpc) is 3.49. The van der Waals surface area contributed by atoms with E-state index in [0.29, 0.717) is 45.3 Å². The third-order valence-electron chi connectivity index (χ3n) is 6.21. The van der Waals surface area contributed by atoms with E-state index in [2.05, 4.69) is 0 Å². The van der Waals surface area contributed by atoms with E-state index in [9.17, 15) is 4.79 Å². The molecule has 0 saturated carbocycles. The van der Waals surface area contributed by atoms with Crippen molar-refractivity contribution in [2.75, 3.05) is 20.3 Å².